The molecule has 8 nitrogen and oxygen atoms in total. The first-order valence-corrected chi connectivity index (χ1v) is 11.9. The van der Waals surface area contributed by atoms with Crippen molar-refractivity contribution in [1.82, 2.24) is 14.3 Å². The normalized spacial score (nSPS) is 14.4. The molecule has 0 unspecified atom stereocenters. The van der Waals surface area contributed by atoms with Crippen molar-refractivity contribution in [2.45, 2.75) is 24.7 Å². The van der Waals surface area contributed by atoms with Crippen LogP contribution in [0, 0.1) is 6.92 Å². The standard InChI is InChI=1S/C22H21ClN4O4S/c1-14-11-20(28)26-21(24-14)15-5-4-6-16(12-15)25-22(29)18-13-17(7-8-19(18)23)32(30,31)27-9-2-3-10-27/h4-8,11-13H,2-3,9-10H2,1H3,(H,25,29)(H,24,26,28). The molecule has 0 radical (unpaired) electrons. The molecule has 2 N–H and O–H groups in total. The summed E-state index contributed by atoms with van der Waals surface area (Å²) in [6.07, 6.45) is 1.63. The van der Waals surface area contributed by atoms with Crippen LogP contribution >= 0.6 is 11.6 Å². The summed E-state index contributed by atoms with van der Waals surface area (Å²) in [4.78, 5) is 31.7. The number of H-pyrrole nitrogens is 1. The molecule has 1 aliphatic heterocycles. The molecule has 166 valence electrons. The average molecular weight is 473 g/mol. The highest BCUT2D eigenvalue weighted by molar-refractivity contribution is 7.89. The van der Waals surface area contributed by atoms with Gasteiger partial charge in [-0.15, -0.1) is 0 Å². The number of nitrogens with one attached hydrogen (secondary N) is 2. The second kappa shape index (κ2) is 8.85. The number of aryl methyl sites for hydroxylation is 1. The molecule has 0 bridgehead atoms. The van der Waals surface area contributed by atoms with Crippen molar-refractivity contribution in [3.63, 3.8) is 0 Å². The Labute approximate surface area is 190 Å². The number of hydrogen-bond acceptors (Lipinski definition) is 5. The molecule has 4 rings (SSSR count). The summed E-state index contributed by atoms with van der Waals surface area (Å²) in [5.41, 5.74) is 1.41. The van der Waals surface area contributed by atoms with Gasteiger partial charge in [0.05, 0.1) is 15.5 Å². The molecule has 2 heterocycles. The zero-order chi connectivity index (χ0) is 22.9. The summed E-state index contributed by atoms with van der Waals surface area (Å²) in [5, 5.41) is 2.88. The number of carbonyl (C=O) groups excluding carboxylic acids is 1. The number of anilines is 1. The summed E-state index contributed by atoms with van der Waals surface area (Å²) in [7, 11) is -3.68. The lowest BCUT2D eigenvalue weighted by Crippen LogP contribution is -2.28. The fourth-order valence-electron chi connectivity index (χ4n) is 3.57. The monoisotopic (exact) mass is 472 g/mol. The van der Waals surface area contributed by atoms with Crippen LogP contribution in [0.2, 0.25) is 5.02 Å². The highest BCUT2D eigenvalue weighted by Crippen LogP contribution is 2.26. The Morgan fingerprint density at radius 2 is 1.88 bits per heavy atom. The number of sulfonamides is 1. The molecular formula is C22H21ClN4O4S. The second-order valence-corrected chi connectivity index (χ2v) is 9.87. The number of aromatic nitrogens is 2. The van der Waals surface area contributed by atoms with E-state index in [4.69, 9.17) is 11.6 Å². The van der Waals surface area contributed by atoms with E-state index in [-0.39, 0.29) is 21.0 Å². The van der Waals surface area contributed by atoms with Crippen molar-refractivity contribution in [1.29, 1.82) is 0 Å². The molecule has 0 atom stereocenters. The number of halogens is 1. The minimum Gasteiger partial charge on any atom is -0.322 e. The number of hydrogen-bond donors (Lipinski definition) is 2. The van der Waals surface area contributed by atoms with E-state index < -0.39 is 15.9 Å². The highest BCUT2D eigenvalue weighted by atomic mass is 35.5. The van der Waals surface area contributed by atoms with Gasteiger partial charge < -0.3 is 10.3 Å². The second-order valence-electron chi connectivity index (χ2n) is 7.52. The molecule has 1 fully saturated rings. The van der Waals surface area contributed by atoms with Gasteiger partial charge in [-0.2, -0.15) is 4.31 Å². The van der Waals surface area contributed by atoms with E-state index in [2.05, 4.69) is 15.3 Å². The zero-order valence-corrected chi connectivity index (χ0v) is 18.8. The van der Waals surface area contributed by atoms with Gasteiger partial charge in [-0.3, -0.25) is 9.59 Å². The van der Waals surface area contributed by atoms with Crippen molar-refractivity contribution >= 4 is 33.2 Å². The Hall–Kier alpha value is -3.01. The first-order valence-electron chi connectivity index (χ1n) is 10.0. The fraction of sp³-hybridized carbons (Fsp3) is 0.227. The summed E-state index contributed by atoms with van der Waals surface area (Å²) in [5.74, 6) is -0.167. The van der Waals surface area contributed by atoms with Gasteiger partial charge in [-0.25, -0.2) is 13.4 Å². The molecule has 1 aromatic heterocycles. The molecule has 0 saturated carbocycles. The maximum atomic E-state index is 12.9. The van der Waals surface area contributed by atoms with Crippen LogP contribution in [0.4, 0.5) is 5.69 Å². The van der Waals surface area contributed by atoms with Crippen molar-refractivity contribution in [3.8, 4) is 11.4 Å². The number of benzene rings is 2. The third kappa shape index (κ3) is 4.59. The van der Waals surface area contributed by atoms with Crippen LogP contribution in [0.1, 0.15) is 28.9 Å². The maximum absolute atomic E-state index is 12.9. The van der Waals surface area contributed by atoms with Crippen LogP contribution in [0.5, 0.6) is 0 Å². The van der Waals surface area contributed by atoms with Crippen LogP contribution in [-0.2, 0) is 10.0 Å². The minimum absolute atomic E-state index is 0.0317. The lowest BCUT2D eigenvalue weighted by molar-refractivity contribution is 0.102. The van der Waals surface area contributed by atoms with Crippen LogP contribution in [0.25, 0.3) is 11.4 Å². The topological polar surface area (TPSA) is 112 Å². The summed E-state index contributed by atoms with van der Waals surface area (Å²) in [6.45, 7) is 2.65. The first-order chi connectivity index (χ1) is 15.2. The van der Waals surface area contributed by atoms with Gasteiger partial charge in [0.1, 0.15) is 5.82 Å². The van der Waals surface area contributed by atoms with Crippen LogP contribution in [0.3, 0.4) is 0 Å². The molecule has 1 amide bonds. The summed E-state index contributed by atoms with van der Waals surface area (Å²) >= 11 is 6.21. The minimum atomic E-state index is -3.68. The van der Waals surface area contributed by atoms with Crippen molar-refractivity contribution in [2.75, 3.05) is 18.4 Å². The van der Waals surface area contributed by atoms with Crippen LogP contribution < -0.4 is 10.9 Å². The van der Waals surface area contributed by atoms with Gasteiger partial charge in [0, 0.05) is 36.1 Å². The zero-order valence-electron chi connectivity index (χ0n) is 17.3. The Morgan fingerprint density at radius 3 is 2.59 bits per heavy atom. The number of amides is 1. The van der Waals surface area contributed by atoms with Gasteiger partial charge in [-0.1, -0.05) is 23.7 Å². The quantitative estimate of drug-likeness (QED) is 0.590. The molecule has 10 heteroatoms. The van der Waals surface area contributed by atoms with E-state index >= 15 is 0 Å². The molecule has 0 spiro atoms. The first kappa shape index (κ1) is 22.2. The van der Waals surface area contributed by atoms with E-state index in [9.17, 15) is 18.0 Å². The van der Waals surface area contributed by atoms with E-state index in [0.717, 1.165) is 12.8 Å². The highest BCUT2D eigenvalue weighted by Gasteiger charge is 2.28. The average Bonchev–Trinajstić information content (AvgIpc) is 3.29. The molecule has 32 heavy (non-hydrogen) atoms. The number of nitrogens with zero attached hydrogens (tertiary/aromatic N) is 2. The Balaban J connectivity index is 1.61. The number of aromatic amines is 1. The molecule has 2 aromatic carbocycles. The van der Waals surface area contributed by atoms with Gasteiger partial charge in [0.25, 0.3) is 11.5 Å². The third-order valence-corrected chi connectivity index (χ3v) is 7.37. The van der Waals surface area contributed by atoms with E-state index in [1.807, 2.05) is 0 Å². The largest absolute Gasteiger partial charge is 0.322 e. The fourth-order valence-corrected chi connectivity index (χ4v) is 5.32. The van der Waals surface area contributed by atoms with E-state index in [1.54, 1.807) is 31.2 Å². The van der Waals surface area contributed by atoms with E-state index in [0.29, 0.717) is 35.9 Å². The Morgan fingerprint density at radius 1 is 1.12 bits per heavy atom. The predicted molar refractivity (Wildman–Crippen MR) is 122 cm³/mol. The molecule has 3 aromatic rings. The molecule has 0 aliphatic carbocycles. The van der Waals surface area contributed by atoms with Crippen molar-refractivity contribution in [3.05, 3.63) is 75.2 Å². The molecule has 1 saturated heterocycles. The van der Waals surface area contributed by atoms with Gasteiger partial charge >= 0.3 is 0 Å². The summed E-state index contributed by atoms with van der Waals surface area (Å²) < 4.78 is 27.1. The SMILES string of the molecule is Cc1cc(=O)[nH]c(-c2cccc(NC(=O)c3cc(S(=O)(=O)N4CCCC4)ccc3Cl)c2)n1. The van der Waals surface area contributed by atoms with Gasteiger partial charge in [0.15, 0.2) is 0 Å². The lowest BCUT2D eigenvalue weighted by Gasteiger charge is -2.16. The Kier molecular flexibility index (Phi) is 6.14. The number of carbonyl (C=O) groups is 1. The molecule has 1 aliphatic rings. The molecular weight excluding hydrogens is 452 g/mol. The summed E-state index contributed by atoms with van der Waals surface area (Å²) in [6, 6.07) is 12.3. The lowest BCUT2D eigenvalue weighted by atomic mass is 10.1. The van der Waals surface area contributed by atoms with Crippen LogP contribution in [0.15, 0.2) is 58.2 Å². The van der Waals surface area contributed by atoms with Gasteiger partial charge in [-0.05, 0) is 50.1 Å². The van der Waals surface area contributed by atoms with Crippen molar-refractivity contribution in [2.24, 2.45) is 0 Å². The van der Waals surface area contributed by atoms with Gasteiger partial charge in [0.2, 0.25) is 10.0 Å². The number of rotatable bonds is 5. The van der Waals surface area contributed by atoms with Crippen LogP contribution in [-0.4, -0.2) is 41.7 Å². The third-order valence-electron chi connectivity index (χ3n) is 5.15. The maximum Gasteiger partial charge on any atom is 0.257 e. The smallest absolute Gasteiger partial charge is 0.257 e. The predicted octanol–water partition coefficient (Wildman–Crippen LogP) is 3.44. The Bertz CT molecular complexity index is 1350. The van der Waals surface area contributed by atoms with E-state index in [1.165, 1.54) is 28.6 Å². The van der Waals surface area contributed by atoms with Crippen molar-refractivity contribution < 1.29 is 13.2 Å².